The summed E-state index contributed by atoms with van der Waals surface area (Å²) in [5.74, 6) is 1.27. The van der Waals surface area contributed by atoms with Gasteiger partial charge in [-0.05, 0) is 51.8 Å². The summed E-state index contributed by atoms with van der Waals surface area (Å²) < 4.78 is 18.8. The molecule has 0 saturated carbocycles. The number of para-hydroxylation sites is 1. The van der Waals surface area contributed by atoms with Crippen molar-refractivity contribution in [3.8, 4) is 11.5 Å². The number of carbonyl (C=O) groups is 2. The highest BCUT2D eigenvalue weighted by Crippen LogP contribution is 2.33. The van der Waals surface area contributed by atoms with Gasteiger partial charge >= 0.3 is 6.09 Å². The van der Waals surface area contributed by atoms with Crippen LogP contribution in [0, 0.1) is 0 Å². The number of carbonyl (C=O) groups excluding carboxylic acids is 2. The molecule has 2 aromatic rings. The standard InChI is InChI=1S/C24H31N3O5/c1-24(2,3)32-23(29)26-12-9-18(10-13-26)27-11-5-7-19(27)22(28)25-16-17-6-4-8-20-21(17)31-15-14-30-20/h4-8,11,18H,9-10,12-16H2,1-3H3,(H,25,28). The highest BCUT2D eigenvalue weighted by molar-refractivity contribution is 5.92. The molecule has 2 aliphatic rings. The second-order valence-electron chi connectivity index (χ2n) is 9.12. The van der Waals surface area contributed by atoms with E-state index in [1.165, 1.54) is 0 Å². The minimum atomic E-state index is -0.505. The molecular weight excluding hydrogens is 410 g/mol. The molecule has 8 nitrogen and oxygen atoms in total. The Hall–Kier alpha value is -3.16. The third-order valence-electron chi connectivity index (χ3n) is 5.61. The number of aromatic nitrogens is 1. The summed E-state index contributed by atoms with van der Waals surface area (Å²) in [4.78, 5) is 27.0. The smallest absolute Gasteiger partial charge is 0.410 e. The molecule has 0 aliphatic carbocycles. The lowest BCUT2D eigenvalue weighted by Gasteiger charge is -2.34. The first kappa shape index (κ1) is 22.0. The van der Waals surface area contributed by atoms with Crippen LogP contribution in [0.1, 0.15) is 55.7 Å². The van der Waals surface area contributed by atoms with E-state index in [0.29, 0.717) is 50.0 Å². The molecule has 1 fully saturated rings. The molecule has 0 spiro atoms. The highest BCUT2D eigenvalue weighted by Gasteiger charge is 2.28. The average Bonchev–Trinajstić information content (AvgIpc) is 3.26. The first-order valence-corrected chi connectivity index (χ1v) is 11.1. The second kappa shape index (κ2) is 9.14. The van der Waals surface area contributed by atoms with Gasteiger partial charge in [0.25, 0.3) is 5.91 Å². The van der Waals surface area contributed by atoms with Crippen LogP contribution in [0.5, 0.6) is 11.5 Å². The van der Waals surface area contributed by atoms with Crippen LogP contribution in [-0.2, 0) is 11.3 Å². The monoisotopic (exact) mass is 441 g/mol. The van der Waals surface area contributed by atoms with Gasteiger partial charge in [0.2, 0.25) is 0 Å². The number of piperidine rings is 1. The fraction of sp³-hybridized carbons (Fsp3) is 0.500. The summed E-state index contributed by atoms with van der Waals surface area (Å²) in [6.45, 7) is 8.20. The number of nitrogens with one attached hydrogen (secondary N) is 1. The van der Waals surface area contributed by atoms with Gasteiger partial charge in [-0.3, -0.25) is 4.79 Å². The summed E-state index contributed by atoms with van der Waals surface area (Å²) in [6.07, 6.45) is 3.19. The molecule has 2 amide bonds. The van der Waals surface area contributed by atoms with Crippen LogP contribution < -0.4 is 14.8 Å². The van der Waals surface area contributed by atoms with Crippen molar-refractivity contribution >= 4 is 12.0 Å². The number of hydrogen-bond acceptors (Lipinski definition) is 5. The topological polar surface area (TPSA) is 82.0 Å². The molecule has 0 atom stereocenters. The zero-order valence-corrected chi connectivity index (χ0v) is 18.9. The van der Waals surface area contributed by atoms with Gasteiger partial charge in [0.05, 0.1) is 0 Å². The predicted octanol–water partition coefficient (Wildman–Crippen LogP) is 3.76. The lowest BCUT2D eigenvalue weighted by Crippen LogP contribution is -2.42. The summed E-state index contributed by atoms with van der Waals surface area (Å²) >= 11 is 0. The predicted molar refractivity (Wildman–Crippen MR) is 119 cm³/mol. The van der Waals surface area contributed by atoms with E-state index in [4.69, 9.17) is 14.2 Å². The van der Waals surface area contributed by atoms with Crippen molar-refractivity contribution in [2.75, 3.05) is 26.3 Å². The molecule has 8 heteroatoms. The fourth-order valence-corrected chi connectivity index (χ4v) is 4.10. The molecule has 4 rings (SSSR count). The van der Waals surface area contributed by atoms with Gasteiger partial charge in [0, 0.05) is 37.4 Å². The summed E-state index contributed by atoms with van der Waals surface area (Å²) in [5, 5.41) is 3.00. The molecule has 1 saturated heterocycles. The summed E-state index contributed by atoms with van der Waals surface area (Å²) in [6, 6.07) is 9.57. The van der Waals surface area contributed by atoms with Crippen molar-refractivity contribution in [3.63, 3.8) is 0 Å². The Morgan fingerprint density at radius 2 is 1.84 bits per heavy atom. The normalized spacial score (nSPS) is 16.5. The van der Waals surface area contributed by atoms with Crippen LogP contribution in [0.4, 0.5) is 4.79 Å². The van der Waals surface area contributed by atoms with Crippen molar-refractivity contribution in [2.45, 2.75) is 51.8 Å². The Labute approximate surface area is 188 Å². The van der Waals surface area contributed by atoms with Gasteiger partial charge in [0.15, 0.2) is 11.5 Å². The zero-order chi connectivity index (χ0) is 22.7. The van der Waals surface area contributed by atoms with E-state index in [1.807, 2.05) is 61.9 Å². The van der Waals surface area contributed by atoms with Gasteiger partial charge < -0.3 is 29.0 Å². The van der Waals surface area contributed by atoms with Crippen LogP contribution in [0.2, 0.25) is 0 Å². The van der Waals surface area contributed by atoms with Crippen molar-refractivity contribution in [3.05, 3.63) is 47.8 Å². The molecule has 1 aromatic carbocycles. The van der Waals surface area contributed by atoms with Crippen LogP contribution in [0.3, 0.4) is 0 Å². The van der Waals surface area contributed by atoms with E-state index in [-0.39, 0.29) is 18.0 Å². The number of likely N-dealkylation sites (tertiary alicyclic amines) is 1. The third-order valence-corrected chi connectivity index (χ3v) is 5.61. The van der Waals surface area contributed by atoms with Gasteiger partial charge in [-0.25, -0.2) is 4.79 Å². The lowest BCUT2D eigenvalue weighted by atomic mass is 10.0. The first-order valence-electron chi connectivity index (χ1n) is 11.1. The van der Waals surface area contributed by atoms with Gasteiger partial charge in [-0.1, -0.05) is 12.1 Å². The van der Waals surface area contributed by atoms with Gasteiger partial charge in [-0.15, -0.1) is 0 Å². The van der Waals surface area contributed by atoms with Crippen molar-refractivity contribution in [1.82, 2.24) is 14.8 Å². The fourth-order valence-electron chi connectivity index (χ4n) is 4.10. The lowest BCUT2D eigenvalue weighted by molar-refractivity contribution is 0.0187. The van der Waals surface area contributed by atoms with E-state index >= 15 is 0 Å². The molecule has 1 aromatic heterocycles. The Morgan fingerprint density at radius 3 is 2.59 bits per heavy atom. The van der Waals surface area contributed by atoms with E-state index in [1.54, 1.807) is 4.90 Å². The number of ether oxygens (including phenoxy) is 3. The Morgan fingerprint density at radius 1 is 1.09 bits per heavy atom. The third kappa shape index (κ3) is 5.00. The average molecular weight is 442 g/mol. The Bertz CT molecular complexity index is 970. The van der Waals surface area contributed by atoms with Crippen molar-refractivity contribution in [1.29, 1.82) is 0 Å². The number of benzene rings is 1. The van der Waals surface area contributed by atoms with E-state index in [0.717, 1.165) is 18.4 Å². The van der Waals surface area contributed by atoms with E-state index < -0.39 is 5.60 Å². The Balaban J connectivity index is 1.36. The SMILES string of the molecule is CC(C)(C)OC(=O)N1CCC(n2cccc2C(=O)NCc2cccc3c2OCCO3)CC1. The minimum Gasteiger partial charge on any atom is -0.486 e. The van der Waals surface area contributed by atoms with E-state index in [9.17, 15) is 9.59 Å². The molecule has 32 heavy (non-hydrogen) atoms. The maximum atomic E-state index is 13.0. The van der Waals surface area contributed by atoms with Crippen molar-refractivity contribution < 1.29 is 23.8 Å². The zero-order valence-electron chi connectivity index (χ0n) is 18.9. The van der Waals surface area contributed by atoms with Crippen LogP contribution in [0.15, 0.2) is 36.5 Å². The van der Waals surface area contributed by atoms with Crippen LogP contribution in [0.25, 0.3) is 0 Å². The van der Waals surface area contributed by atoms with Crippen LogP contribution in [-0.4, -0.2) is 53.4 Å². The molecule has 0 bridgehead atoms. The molecular formula is C24H31N3O5. The maximum Gasteiger partial charge on any atom is 0.410 e. The first-order chi connectivity index (χ1) is 15.3. The largest absolute Gasteiger partial charge is 0.486 e. The van der Waals surface area contributed by atoms with Crippen LogP contribution >= 0.6 is 0 Å². The number of amides is 2. The van der Waals surface area contributed by atoms with Gasteiger partial charge in [-0.2, -0.15) is 0 Å². The number of rotatable bonds is 4. The molecule has 0 unspecified atom stereocenters. The maximum absolute atomic E-state index is 13.0. The number of hydrogen-bond donors (Lipinski definition) is 1. The van der Waals surface area contributed by atoms with E-state index in [2.05, 4.69) is 5.32 Å². The van der Waals surface area contributed by atoms with Crippen molar-refractivity contribution in [2.24, 2.45) is 0 Å². The molecule has 172 valence electrons. The number of nitrogens with zero attached hydrogens (tertiary/aromatic N) is 2. The Kier molecular flexibility index (Phi) is 6.30. The summed E-state index contributed by atoms with van der Waals surface area (Å²) in [5.41, 5.74) is 0.997. The highest BCUT2D eigenvalue weighted by atomic mass is 16.6. The molecule has 1 N–H and O–H groups in total. The summed E-state index contributed by atoms with van der Waals surface area (Å²) in [7, 11) is 0. The second-order valence-corrected chi connectivity index (χ2v) is 9.12. The molecule has 2 aliphatic heterocycles. The quantitative estimate of drug-likeness (QED) is 0.781. The molecule has 0 radical (unpaired) electrons. The van der Waals surface area contributed by atoms with Gasteiger partial charge in [0.1, 0.15) is 24.5 Å². The number of fused-ring (bicyclic) bond motifs is 1. The minimum absolute atomic E-state index is 0.140. The molecule has 3 heterocycles.